The van der Waals surface area contributed by atoms with Crippen molar-refractivity contribution in [2.24, 2.45) is 0 Å². The van der Waals surface area contributed by atoms with Gasteiger partial charge < -0.3 is 19.3 Å². The number of carbonyl (C=O) groups excluding carboxylic acids is 1. The molecule has 0 aliphatic carbocycles. The normalized spacial score (nSPS) is 11.6. The van der Waals surface area contributed by atoms with Gasteiger partial charge in [0, 0.05) is 17.7 Å². The van der Waals surface area contributed by atoms with E-state index >= 15 is 0 Å². The van der Waals surface area contributed by atoms with Crippen LogP contribution in [-0.4, -0.2) is 41.7 Å². The lowest BCUT2D eigenvalue weighted by atomic mass is 10.1. The molecule has 1 atom stereocenters. The van der Waals surface area contributed by atoms with Crippen LogP contribution >= 0.6 is 0 Å². The number of pyridine rings is 1. The van der Waals surface area contributed by atoms with Crippen LogP contribution in [0.25, 0.3) is 11.3 Å². The van der Waals surface area contributed by atoms with Crippen LogP contribution in [0.15, 0.2) is 60.7 Å². The Morgan fingerprint density at radius 1 is 1.06 bits per heavy atom. The van der Waals surface area contributed by atoms with Crippen molar-refractivity contribution in [2.75, 3.05) is 19.8 Å². The molecule has 1 aromatic heterocycles. The number of hydrogen-bond donors (Lipinski definition) is 1. The molecule has 0 bridgehead atoms. The van der Waals surface area contributed by atoms with E-state index in [4.69, 9.17) is 24.3 Å². The molecule has 0 saturated heterocycles. The number of aromatic nitrogens is 1. The first-order valence-electron chi connectivity index (χ1n) is 10.7. The number of rotatable bonds is 11. The van der Waals surface area contributed by atoms with E-state index in [1.807, 2.05) is 44.2 Å². The molecule has 1 heterocycles. The van der Waals surface area contributed by atoms with Gasteiger partial charge in [-0.25, -0.2) is 9.78 Å². The third kappa shape index (κ3) is 6.63. The van der Waals surface area contributed by atoms with Crippen molar-refractivity contribution in [3.05, 3.63) is 77.5 Å². The van der Waals surface area contributed by atoms with Crippen LogP contribution in [0.1, 0.15) is 41.6 Å². The van der Waals surface area contributed by atoms with Crippen molar-refractivity contribution >= 4 is 11.8 Å². The van der Waals surface area contributed by atoms with E-state index in [0.29, 0.717) is 36.0 Å². The zero-order chi connectivity index (χ0) is 23.8. The number of carbonyl (C=O) groups is 2. The summed E-state index contributed by atoms with van der Waals surface area (Å²) in [6, 6.07) is 18.2. The van der Waals surface area contributed by atoms with Gasteiger partial charge in [-0.15, -0.1) is 0 Å². The lowest BCUT2D eigenvalue weighted by molar-refractivity contribution is -0.139. The van der Waals surface area contributed by atoms with Gasteiger partial charge in [0.25, 0.3) is 0 Å². The summed E-state index contributed by atoms with van der Waals surface area (Å²) in [6.07, 6.45) is -0.452. The summed E-state index contributed by atoms with van der Waals surface area (Å²) in [5.74, 6) is 0.0645. The number of aryl methyl sites for hydroxylation is 1. The molecule has 0 fully saturated rings. The molecule has 1 unspecified atom stereocenters. The van der Waals surface area contributed by atoms with Gasteiger partial charge >= 0.3 is 5.97 Å². The van der Waals surface area contributed by atoms with E-state index in [0.717, 1.165) is 16.8 Å². The number of nitrogens with zero attached hydrogens (tertiary/aromatic N) is 1. The third-order valence-electron chi connectivity index (χ3n) is 4.94. The van der Waals surface area contributed by atoms with Gasteiger partial charge in [-0.2, -0.15) is 0 Å². The van der Waals surface area contributed by atoms with E-state index < -0.39 is 18.7 Å². The second-order valence-corrected chi connectivity index (χ2v) is 7.46. The second-order valence-electron chi connectivity index (χ2n) is 7.46. The fourth-order valence-electron chi connectivity index (χ4n) is 3.23. The molecule has 3 aromatic rings. The highest BCUT2D eigenvalue weighted by atomic mass is 16.5. The Hall–Kier alpha value is -3.71. The molecule has 33 heavy (non-hydrogen) atoms. The lowest BCUT2D eigenvalue weighted by Gasteiger charge is -2.20. The average molecular weight is 450 g/mol. The number of ketones is 1. The van der Waals surface area contributed by atoms with Crippen LogP contribution in [0.5, 0.6) is 11.5 Å². The summed E-state index contributed by atoms with van der Waals surface area (Å²) in [7, 11) is 0. The van der Waals surface area contributed by atoms with Gasteiger partial charge in [-0.1, -0.05) is 30.3 Å². The molecule has 3 rings (SSSR count). The summed E-state index contributed by atoms with van der Waals surface area (Å²) < 4.78 is 17.1. The van der Waals surface area contributed by atoms with Gasteiger partial charge in [0.05, 0.1) is 18.0 Å². The number of aliphatic carboxylic acids is 1. The minimum absolute atomic E-state index is 0.0168. The Balaban J connectivity index is 1.83. The Kier molecular flexibility index (Phi) is 8.16. The molecule has 0 aliphatic heterocycles. The quantitative estimate of drug-likeness (QED) is 0.417. The summed E-state index contributed by atoms with van der Waals surface area (Å²) in [5, 5.41) is 8.80. The molecule has 0 aliphatic rings. The average Bonchev–Trinajstić information content (AvgIpc) is 2.81. The van der Waals surface area contributed by atoms with Crippen molar-refractivity contribution in [1.82, 2.24) is 4.98 Å². The number of benzene rings is 2. The van der Waals surface area contributed by atoms with E-state index in [2.05, 4.69) is 0 Å². The van der Waals surface area contributed by atoms with Gasteiger partial charge in [-0.3, -0.25) is 4.79 Å². The Morgan fingerprint density at radius 2 is 1.82 bits per heavy atom. The van der Waals surface area contributed by atoms with Gasteiger partial charge in [0.15, 0.2) is 18.5 Å². The molecule has 2 aromatic carbocycles. The first-order valence-corrected chi connectivity index (χ1v) is 10.7. The molecule has 0 spiro atoms. The molecule has 0 saturated carbocycles. The third-order valence-corrected chi connectivity index (χ3v) is 4.94. The van der Waals surface area contributed by atoms with Crippen LogP contribution in [0.2, 0.25) is 0 Å². The minimum Gasteiger partial charge on any atom is -0.482 e. The smallest absolute Gasteiger partial charge is 0.341 e. The largest absolute Gasteiger partial charge is 0.482 e. The van der Waals surface area contributed by atoms with Crippen LogP contribution in [-0.2, 0) is 9.53 Å². The van der Waals surface area contributed by atoms with E-state index in [9.17, 15) is 9.59 Å². The fraction of sp³-hybridized carbons (Fsp3) is 0.269. The number of hydrogen-bond acceptors (Lipinski definition) is 6. The minimum atomic E-state index is -1.03. The maximum atomic E-state index is 11.5. The van der Waals surface area contributed by atoms with Crippen molar-refractivity contribution in [3.8, 4) is 22.8 Å². The summed E-state index contributed by atoms with van der Waals surface area (Å²) in [4.78, 5) is 27.1. The van der Waals surface area contributed by atoms with Crippen LogP contribution in [0.3, 0.4) is 0 Å². The topological polar surface area (TPSA) is 95.0 Å². The highest BCUT2D eigenvalue weighted by Crippen LogP contribution is 2.28. The number of carboxylic acids is 1. The lowest BCUT2D eigenvalue weighted by Crippen LogP contribution is -2.16. The number of Topliss-reactive ketones (excluding diaryl/α,β-unsaturated/α-hetero) is 1. The molecular weight excluding hydrogens is 422 g/mol. The molecule has 0 amide bonds. The van der Waals surface area contributed by atoms with E-state index in [-0.39, 0.29) is 5.78 Å². The predicted octanol–water partition coefficient (Wildman–Crippen LogP) is 4.88. The number of ether oxygens (including phenoxy) is 3. The maximum absolute atomic E-state index is 11.5. The van der Waals surface area contributed by atoms with E-state index in [1.54, 1.807) is 30.3 Å². The first-order chi connectivity index (χ1) is 15.9. The fourth-order valence-corrected chi connectivity index (χ4v) is 3.23. The Bertz CT molecular complexity index is 1110. The maximum Gasteiger partial charge on any atom is 0.341 e. The van der Waals surface area contributed by atoms with Gasteiger partial charge in [-0.05, 0) is 56.7 Å². The standard InChI is InChI=1S/C26H27NO6/c1-4-31-15-25(33-21-12-13-24(17(2)14-21)32-16-26(29)30)23-7-5-6-22(27-23)20-10-8-19(9-11-20)18(3)28/h5-14,25H,4,15-16H2,1-3H3,(H,29,30). The van der Waals surface area contributed by atoms with Crippen molar-refractivity contribution in [3.63, 3.8) is 0 Å². The van der Waals surface area contributed by atoms with Gasteiger partial charge in [0.1, 0.15) is 11.5 Å². The van der Waals surface area contributed by atoms with Crippen molar-refractivity contribution in [1.29, 1.82) is 0 Å². The monoisotopic (exact) mass is 449 g/mol. The zero-order valence-corrected chi connectivity index (χ0v) is 18.9. The van der Waals surface area contributed by atoms with E-state index in [1.165, 1.54) is 6.92 Å². The first kappa shape index (κ1) is 23.9. The van der Waals surface area contributed by atoms with Crippen molar-refractivity contribution < 1.29 is 28.9 Å². The highest BCUT2D eigenvalue weighted by molar-refractivity contribution is 5.94. The molecule has 7 nitrogen and oxygen atoms in total. The van der Waals surface area contributed by atoms with Crippen LogP contribution in [0.4, 0.5) is 0 Å². The Morgan fingerprint density at radius 3 is 2.45 bits per heavy atom. The highest BCUT2D eigenvalue weighted by Gasteiger charge is 2.17. The zero-order valence-electron chi connectivity index (χ0n) is 18.9. The van der Waals surface area contributed by atoms with Crippen LogP contribution < -0.4 is 9.47 Å². The molecular formula is C26H27NO6. The summed E-state index contributed by atoms with van der Waals surface area (Å²) in [5.41, 5.74) is 3.78. The SMILES string of the molecule is CCOCC(Oc1ccc(OCC(=O)O)c(C)c1)c1cccc(-c2ccc(C(C)=O)cc2)n1. The predicted molar refractivity (Wildman–Crippen MR) is 124 cm³/mol. The number of carboxylic acid groups (broad SMARTS) is 1. The Labute approximate surface area is 193 Å². The molecule has 1 N–H and O–H groups in total. The van der Waals surface area contributed by atoms with Crippen molar-refractivity contribution in [2.45, 2.75) is 26.9 Å². The van der Waals surface area contributed by atoms with Crippen LogP contribution in [0, 0.1) is 6.92 Å². The van der Waals surface area contributed by atoms with Gasteiger partial charge in [0.2, 0.25) is 0 Å². The molecule has 0 radical (unpaired) electrons. The summed E-state index contributed by atoms with van der Waals surface area (Å²) >= 11 is 0. The summed E-state index contributed by atoms with van der Waals surface area (Å²) in [6.45, 7) is 5.72. The second kappa shape index (κ2) is 11.2. The molecule has 172 valence electrons. The molecule has 7 heteroatoms.